The standard InChI is InChI=1S/C16H17NO/c1-12-7-9-14(10-8-12)16(18)11-15(17)13-5-3-2-4-6-13/h2-10,15H,11,17H2,1H3. The largest absolute Gasteiger partial charge is 0.324 e. The molecule has 1 unspecified atom stereocenters. The van der Waals surface area contributed by atoms with Gasteiger partial charge in [0.05, 0.1) is 0 Å². The van der Waals surface area contributed by atoms with Gasteiger partial charge in [0.15, 0.2) is 5.78 Å². The highest BCUT2D eigenvalue weighted by Crippen LogP contribution is 2.16. The summed E-state index contributed by atoms with van der Waals surface area (Å²) in [5.74, 6) is 0.0892. The zero-order valence-corrected chi connectivity index (χ0v) is 10.5. The Balaban J connectivity index is 2.06. The van der Waals surface area contributed by atoms with Crippen molar-refractivity contribution < 1.29 is 4.79 Å². The van der Waals surface area contributed by atoms with Crippen LogP contribution in [0.5, 0.6) is 0 Å². The Morgan fingerprint density at radius 2 is 1.67 bits per heavy atom. The minimum atomic E-state index is -0.236. The maximum absolute atomic E-state index is 12.1. The highest BCUT2D eigenvalue weighted by molar-refractivity contribution is 5.96. The molecule has 0 heterocycles. The SMILES string of the molecule is Cc1ccc(C(=O)CC(N)c2ccccc2)cc1. The van der Waals surface area contributed by atoms with E-state index in [-0.39, 0.29) is 11.8 Å². The third kappa shape index (κ3) is 3.05. The summed E-state index contributed by atoms with van der Waals surface area (Å²) in [7, 11) is 0. The molecular weight excluding hydrogens is 222 g/mol. The molecule has 2 aromatic carbocycles. The van der Waals surface area contributed by atoms with Crippen LogP contribution in [0.2, 0.25) is 0 Å². The van der Waals surface area contributed by atoms with E-state index in [0.29, 0.717) is 6.42 Å². The number of carbonyl (C=O) groups is 1. The van der Waals surface area contributed by atoms with Crippen molar-refractivity contribution in [3.8, 4) is 0 Å². The van der Waals surface area contributed by atoms with Gasteiger partial charge in [0.1, 0.15) is 0 Å². The monoisotopic (exact) mass is 239 g/mol. The van der Waals surface area contributed by atoms with E-state index in [0.717, 1.165) is 16.7 Å². The van der Waals surface area contributed by atoms with Gasteiger partial charge in [-0.05, 0) is 12.5 Å². The first kappa shape index (κ1) is 12.5. The summed E-state index contributed by atoms with van der Waals surface area (Å²) >= 11 is 0. The van der Waals surface area contributed by atoms with Crippen molar-refractivity contribution in [2.24, 2.45) is 5.73 Å². The van der Waals surface area contributed by atoms with Gasteiger partial charge >= 0.3 is 0 Å². The maximum Gasteiger partial charge on any atom is 0.164 e. The van der Waals surface area contributed by atoms with Crippen LogP contribution in [-0.4, -0.2) is 5.78 Å². The van der Waals surface area contributed by atoms with Crippen molar-refractivity contribution >= 4 is 5.78 Å². The number of rotatable bonds is 4. The van der Waals surface area contributed by atoms with Crippen LogP contribution < -0.4 is 5.73 Å². The number of Topliss-reactive ketones (excluding diaryl/α,β-unsaturated/α-hetero) is 1. The van der Waals surface area contributed by atoms with E-state index >= 15 is 0 Å². The quantitative estimate of drug-likeness (QED) is 0.832. The molecule has 2 N–H and O–H groups in total. The lowest BCUT2D eigenvalue weighted by Crippen LogP contribution is -2.15. The van der Waals surface area contributed by atoms with Crippen LogP contribution in [0.1, 0.15) is 33.9 Å². The second-order valence-electron chi connectivity index (χ2n) is 4.51. The molecule has 0 aliphatic rings. The fourth-order valence-electron chi connectivity index (χ4n) is 1.88. The molecule has 0 aliphatic carbocycles. The minimum Gasteiger partial charge on any atom is -0.324 e. The topological polar surface area (TPSA) is 43.1 Å². The maximum atomic E-state index is 12.1. The summed E-state index contributed by atoms with van der Waals surface area (Å²) < 4.78 is 0. The Morgan fingerprint density at radius 1 is 1.06 bits per heavy atom. The Hall–Kier alpha value is -1.93. The van der Waals surface area contributed by atoms with E-state index in [9.17, 15) is 4.79 Å². The Bertz CT molecular complexity index is 517. The normalized spacial score (nSPS) is 12.1. The molecule has 18 heavy (non-hydrogen) atoms. The first-order valence-electron chi connectivity index (χ1n) is 6.07. The van der Waals surface area contributed by atoms with Crippen molar-refractivity contribution in [2.75, 3.05) is 0 Å². The molecule has 0 aromatic heterocycles. The van der Waals surface area contributed by atoms with E-state index in [4.69, 9.17) is 5.73 Å². The average Bonchev–Trinajstić information content (AvgIpc) is 2.40. The third-order valence-electron chi connectivity index (χ3n) is 3.01. The van der Waals surface area contributed by atoms with Crippen LogP contribution in [0, 0.1) is 6.92 Å². The molecule has 2 rings (SSSR count). The lowest BCUT2D eigenvalue weighted by atomic mass is 9.98. The molecule has 92 valence electrons. The van der Waals surface area contributed by atoms with Gasteiger partial charge < -0.3 is 5.73 Å². The summed E-state index contributed by atoms with van der Waals surface area (Å²) in [5.41, 5.74) is 8.92. The highest BCUT2D eigenvalue weighted by Gasteiger charge is 2.12. The van der Waals surface area contributed by atoms with Crippen LogP contribution in [0.25, 0.3) is 0 Å². The van der Waals surface area contributed by atoms with E-state index in [1.165, 1.54) is 0 Å². The lowest BCUT2D eigenvalue weighted by Gasteiger charge is -2.11. The van der Waals surface area contributed by atoms with Crippen molar-refractivity contribution in [3.63, 3.8) is 0 Å². The first-order chi connectivity index (χ1) is 8.66. The predicted molar refractivity (Wildman–Crippen MR) is 73.5 cm³/mol. The molecule has 0 saturated carbocycles. The molecule has 2 nitrogen and oxygen atoms in total. The molecule has 0 bridgehead atoms. The zero-order chi connectivity index (χ0) is 13.0. The third-order valence-corrected chi connectivity index (χ3v) is 3.01. The summed E-state index contributed by atoms with van der Waals surface area (Å²) in [5, 5.41) is 0. The van der Waals surface area contributed by atoms with Crippen LogP contribution in [0.4, 0.5) is 0 Å². The highest BCUT2D eigenvalue weighted by atomic mass is 16.1. The van der Waals surface area contributed by atoms with Crippen LogP contribution in [0.15, 0.2) is 54.6 Å². The number of nitrogens with two attached hydrogens (primary N) is 1. The Labute approximate surface area is 107 Å². The van der Waals surface area contributed by atoms with E-state index in [1.807, 2.05) is 61.5 Å². The van der Waals surface area contributed by atoms with Gasteiger partial charge in [0.25, 0.3) is 0 Å². The number of ketones is 1. The fourth-order valence-corrected chi connectivity index (χ4v) is 1.88. The Kier molecular flexibility index (Phi) is 3.90. The Morgan fingerprint density at radius 3 is 2.28 bits per heavy atom. The van der Waals surface area contributed by atoms with Gasteiger partial charge in [-0.2, -0.15) is 0 Å². The van der Waals surface area contributed by atoms with Crippen LogP contribution in [-0.2, 0) is 0 Å². The van der Waals surface area contributed by atoms with Crippen molar-refractivity contribution in [1.29, 1.82) is 0 Å². The average molecular weight is 239 g/mol. The van der Waals surface area contributed by atoms with Gasteiger partial charge in [-0.15, -0.1) is 0 Å². The molecule has 2 heteroatoms. The van der Waals surface area contributed by atoms with E-state index in [1.54, 1.807) is 0 Å². The van der Waals surface area contributed by atoms with Gasteiger partial charge in [-0.3, -0.25) is 4.79 Å². The minimum absolute atomic E-state index is 0.0892. The van der Waals surface area contributed by atoms with Crippen molar-refractivity contribution in [1.82, 2.24) is 0 Å². The summed E-state index contributed by atoms with van der Waals surface area (Å²) in [6.07, 6.45) is 0.340. The second-order valence-corrected chi connectivity index (χ2v) is 4.51. The number of carbonyl (C=O) groups excluding carboxylic acids is 1. The second kappa shape index (κ2) is 5.61. The number of benzene rings is 2. The lowest BCUT2D eigenvalue weighted by molar-refractivity contribution is 0.0974. The molecule has 0 aliphatic heterocycles. The molecule has 0 saturated heterocycles. The van der Waals surface area contributed by atoms with Gasteiger partial charge in [0.2, 0.25) is 0 Å². The molecule has 0 amide bonds. The number of hydrogen-bond donors (Lipinski definition) is 1. The van der Waals surface area contributed by atoms with Gasteiger partial charge in [-0.1, -0.05) is 60.2 Å². The van der Waals surface area contributed by atoms with Crippen LogP contribution >= 0.6 is 0 Å². The van der Waals surface area contributed by atoms with E-state index in [2.05, 4.69) is 0 Å². The van der Waals surface area contributed by atoms with Gasteiger partial charge in [0, 0.05) is 18.0 Å². The summed E-state index contributed by atoms with van der Waals surface area (Å²) in [6, 6.07) is 17.1. The van der Waals surface area contributed by atoms with Crippen LogP contribution in [0.3, 0.4) is 0 Å². The molecule has 0 fully saturated rings. The molecular formula is C16H17NO. The van der Waals surface area contributed by atoms with E-state index < -0.39 is 0 Å². The number of aryl methyl sites for hydroxylation is 1. The number of hydrogen-bond acceptors (Lipinski definition) is 2. The molecule has 0 radical (unpaired) electrons. The van der Waals surface area contributed by atoms with Crippen molar-refractivity contribution in [2.45, 2.75) is 19.4 Å². The summed E-state index contributed by atoms with van der Waals surface area (Å²) in [6.45, 7) is 2.00. The fraction of sp³-hybridized carbons (Fsp3) is 0.188. The zero-order valence-electron chi connectivity index (χ0n) is 10.5. The van der Waals surface area contributed by atoms with Gasteiger partial charge in [-0.25, -0.2) is 0 Å². The molecule has 0 spiro atoms. The molecule has 1 atom stereocenters. The summed E-state index contributed by atoms with van der Waals surface area (Å²) in [4.78, 5) is 12.1. The molecule has 2 aromatic rings. The first-order valence-corrected chi connectivity index (χ1v) is 6.07. The van der Waals surface area contributed by atoms with Crippen molar-refractivity contribution in [3.05, 3.63) is 71.3 Å². The predicted octanol–water partition coefficient (Wildman–Crippen LogP) is 3.27. The smallest absolute Gasteiger partial charge is 0.164 e.